The molecule has 0 saturated heterocycles. The molecule has 1 aliphatic heterocycles. The molecule has 2 atom stereocenters. The van der Waals surface area contributed by atoms with E-state index >= 15 is 0 Å². The quantitative estimate of drug-likeness (QED) is 0.306. The Balaban J connectivity index is 1.85. The molecule has 0 bridgehead atoms. The Labute approximate surface area is 239 Å². The summed E-state index contributed by atoms with van der Waals surface area (Å²) in [7, 11) is 0. The lowest BCUT2D eigenvalue weighted by molar-refractivity contribution is -0.139. The second kappa shape index (κ2) is 12.6. The van der Waals surface area contributed by atoms with E-state index in [0.29, 0.717) is 41.3 Å². The van der Waals surface area contributed by atoms with Crippen molar-refractivity contribution in [2.75, 3.05) is 30.0 Å². The zero-order chi connectivity index (χ0) is 29.6. The van der Waals surface area contributed by atoms with Crippen molar-refractivity contribution < 1.29 is 23.9 Å². The summed E-state index contributed by atoms with van der Waals surface area (Å²) in [4.78, 5) is 42.9. The van der Waals surface area contributed by atoms with Crippen molar-refractivity contribution in [2.45, 2.75) is 38.5 Å². The number of ether oxygens (including phenoxy) is 2. The van der Waals surface area contributed by atoms with Crippen LogP contribution in [0.3, 0.4) is 0 Å². The molecule has 4 N–H and O–H groups in total. The molecule has 2 unspecified atom stereocenters. The van der Waals surface area contributed by atoms with E-state index < -0.39 is 35.6 Å². The van der Waals surface area contributed by atoms with Crippen molar-refractivity contribution in [3.8, 4) is 6.07 Å². The number of amides is 4. The number of fused-ring (bicyclic) bond motifs is 1. The minimum absolute atomic E-state index is 0.0254. The van der Waals surface area contributed by atoms with E-state index in [1.54, 1.807) is 60.7 Å². The lowest BCUT2D eigenvalue weighted by atomic mass is 9.74. The number of rotatable bonds is 11. The van der Waals surface area contributed by atoms with E-state index in [0.717, 1.165) is 5.56 Å². The third-order valence-corrected chi connectivity index (χ3v) is 6.95. The number of nitrogens with one attached hydrogen (secondary N) is 2. The molecular formula is C31H33N5O5. The number of carbonyl (C=O) groups excluding carboxylic acids is 3. The van der Waals surface area contributed by atoms with Crippen molar-refractivity contribution >= 4 is 29.2 Å². The van der Waals surface area contributed by atoms with Crippen LogP contribution in [-0.4, -0.2) is 43.9 Å². The lowest BCUT2D eigenvalue weighted by Gasteiger charge is -2.36. The Bertz CT molecular complexity index is 1440. The van der Waals surface area contributed by atoms with Crippen LogP contribution >= 0.6 is 0 Å². The molecule has 10 nitrogen and oxygen atoms in total. The number of para-hydroxylation sites is 1. The van der Waals surface area contributed by atoms with E-state index in [1.165, 1.54) is 4.90 Å². The number of hydrogen-bond donors (Lipinski definition) is 3. The summed E-state index contributed by atoms with van der Waals surface area (Å²) in [6.07, 6.45) is -0.739. The third-order valence-electron chi connectivity index (χ3n) is 6.95. The second-order valence-corrected chi connectivity index (χ2v) is 9.60. The van der Waals surface area contributed by atoms with Crippen LogP contribution in [0.4, 0.5) is 16.2 Å². The van der Waals surface area contributed by atoms with Gasteiger partial charge in [-0.05, 0) is 56.7 Å². The van der Waals surface area contributed by atoms with Gasteiger partial charge in [-0.3, -0.25) is 9.59 Å². The Kier molecular flexibility index (Phi) is 9.02. The summed E-state index contributed by atoms with van der Waals surface area (Å²) >= 11 is 0. The van der Waals surface area contributed by atoms with Gasteiger partial charge in [0, 0.05) is 24.5 Å². The summed E-state index contributed by atoms with van der Waals surface area (Å²) in [5.41, 5.74) is 7.30. The Hall–Kier alpha value is -4.72. The molecule has 0 spiro atoms. The van der Waals surface area contributed by atoms with E-state index in [-0.39, 0.29) is 6.54 Å². The van der Waals surface area contributed by atoms with Crippen molar-refractivity contribution in [1.29, 1.82) is 5.26 Å². The van der Waals surface area contributed by atoms with Crippen LogP contribution < -0.4 is 21.3 Å². The van der Waals surface area contributed by atoms with Crippen LogP contribution in [0.5, 0.6) is 0 Å². The molecule has 0 radical (unpaired) electrons. The molecule has 212 valence electrons. The maximum absolute atomic E-state index is 14.6. The first-order valence-corrected chi connectivity index (χ1v) is 13.3. The van der Waals surface area contributed by atoms with E-state index in [4.69, 9.17) is 20.5 Å². The predicted molar refractivity (Wildman–Crippen MR) is 154 cm³/mol. The SMILES string of the molecule is CCOC(CN1C(=O)C(NC(=O)Nc2ccc(C#N)cc2)(C(C(N)=O)c2ccc(C)cc2)c2ccccc21)OCC. The van der Waals surface area contributed by atoms with Gasteiger partial charge >= 0.3 is 6.03 Å². The first-order valence-electron chi connectivity index (χ1n) is 13.3. The number of nitrogens with two attached hydrogens (primary N) is 1. The highest BCUT2D eigenvalue weighted by Gasteiger charge is 2.59. The van der Waals surface area contributed by atoms with Gasteiger partial charge in [-0.1, -0.05) is 48.0 Å². The predicted octanol–water partition coefficient (Wildman–Crippen LogP) is 3.90. The van der Waals surface area contributed by atoms with Crippen LogP contribution in [-0.2, 0) is 24.6 Å². The zero-order valence-corrected chi connectivity index (χ0v) is 23.2. The van der Waals surface area contributed by atoms with Gasteiger partial charge in [0.05, 0.1) is 29.8 Å². The topological polar surface area (TPSA) is 147 Å². The van der Waals surface area contributed by atoms with Crippen LogP contribution in [0.1, 0.15) is 42.0 Å². The molecule has 3 aromatic rings. The van der Waals surface area contributed by atoms with E-state index in [2.05, 4.69) is 10.6 Å². The summed E-state index contributed by atoms with van der Waals surface area (Å²) < 4.78 is 11.5. The molecule has 1 heterocycles. The Morgan fingerprint density at radius 3 is 2.22 bits per heavy atom. The molecule has 1 aliphatic rings. The van der Waals surface area contributed by atoms with E-state index in [1.807, 2.05) is 39.0 Å². The molecule has 0 aliphatic carbocycles. The second-order valence-electron chi connectivity index (χ2n) is 9.60. The lowest BCUT2D eigenvalue weighted by Crippen LogP contribution is -2.60. The van der Waals surface area contributed by atoms with E-state index in [9.17, 15) is 14.4 Å². The van der Waals surface area contributed by atoms with Crippen molar-refractivity contribution in [1.82, 2.24) is 5.32 Å². The molecule has 41 heavy (non-hydrogen) atoms. The summed E-state index contributed by atoms with van der Waals surface area (Å²) in [6.45, 7) is 6.30. The zero-order valence-electron chi connectivity index (χ0n) is 23.2. The van der Waals surface area contributed by atoms with Gasteiger partial charge in [-0.2, -0.15) is 5.26 Å². The fourth-order valence-electron chi connectivity index (χ4n) is 5.16. The fraction of sp³-hybridized carbons (Fsp3) is 0.290. The first kappa shape index (κ1) is 29.3. The van der Waals surface area contributed by atoms with Crippen molar-refractivity contribution in [2.24, 2.45) is 5.73 Å². The van der Waals surface area contributed by atoms with Gasteiger partial charge < -0.3 is 30.7 Å². The van der Waals surface area contributed by atoms with Gasteiger partial charge in [0.2, 0.25) is 5.91 Å². The summed E-state index contributed by atoms with van der Waals surface area (Å²) in [5.74, 6) is -2.60. The maximum Gasteiger partial charge on any atom is 0.320 e. The molecule has 0 fully saturated rings. The van der Waals surface area contributed by atoms with Crippen LogP contribution in [0.25, 0.3) is 0 Å². The minimum Gasteiger partial charge on any atom is -0.369 e. The van der Waals surface area contributed by atoms with Crippen LogP contribution in [0.15, 0.2) is 72.8 Å². The standard InChI is InChI=1S/C31H33N5O5/c1-4-40-26(41-5-2)19-36-25-9-7-6-8-24(25)31(29(36)38,27(28(33)37)22-14-10-20(3)11-15-22)35-30(39)34-23-16-12-21(18-32)13-17-23/h6-17,26-27H,4-5,19H2,1-3H3,(H2,33,37)(H2,34,35,39). The molecule has 0 saturated carbocycles. The molecule has 4 rings (SSSR count). The molecule has 3 aromatic carbocycles. The summed E-state index contributed by atoms with van der Waals surface area (Å²) in [5, 5.41) is 14.7. The van der Waals surface area contributed by atoms with Crippen LogP contribution in [0.2, 0.25) is 0 Å². The number of nitriles is 1. The third kappa shape index (κ3) is 5.91. The van der Waals surface area contributed by atoms with Crippen molar-refractivity contribution in [3.05, 3.63) is 95.1 Å². The first-order chi connectivity index (χ1) is 19.7. The highest BCUT2D eigenvalue weighted by Crippen LogP contribution is 2.48. The van der Waals surface area contributed by atoms with Crippen LogP contribution in [0, 0.1) is 18.3 Å². The monoisotopic (exact) mass is 555 g/mol. The van der Waals surface area contributed by atoms with Gasteiger partial charge in [0.15, 0.2) is 11.8 Å². The highest BCUT2D eigenvalue weighted by atomic mass is 16.7. The molecule has 0 aromatic heterocycles. The summed E-state index contributed by atoms with van der Waals surface area (Å²) in [6, 6.07) is 21.6. The van der Waals surface area contributed by atoms with Gasteiger partial charge in [0.1, 0.15) is 0 Å². The molecule has 4 amide bonds. The molecular weight excluding hydrogens is 522 g/mol. The fourth-order valence-corrected chi connectivity index (χ4v) is 5.16. The number of nitrogens with zero attached hydrogens (tertiary/aromatic N) is 2. The van der Waals surface area contributed by atoms with Gasteiger partial charge in [-0.15, -0.1) is 0 Å². The smallest absolute Gasteiger partial charge is 0.320 e. The number of benzene rings is 3. The molecule has 10 heteroatoms. The highest BCUT2D eigenvalue weighted by molar-refractivity contribution is 6.13. The average molecular weight is 556 g/mol. The van der Waals surface area contributed by atoms with Gasteiger partial charge in [0.25, 0.3) is 5.91 Å². The average Bonchev–Trinajstić information content (AvgIpc) is 3.18. The van der Waals surface area contributed by atoms with Gasteiger partial charge in [-0.25, -0.2) is 4.79 Å². The number of urea groups is 1. The number of primary amides is 1. The number of anilines is 2. The number of carbonyl (C=O) groups is 3. The largest absolute Gasteiger partial charge is 0.369 e. The minimum atomic E-state index is -1.89. The number of aryl methyl sites for hydroxylation is 1. The maximum atomic E-state index is 14.6. The van der Waals surface area contributed by atoms with Crippen molar-refractivity contribution in [3.63, 3.8) is 0 Å². The Morgan fingerprint density at radius 1 is 1.00 bits per heavy atom. The normalized spacial score (nSPS) is 16.7. The Morgan fingerprint density at radius 2 is 1.63 bits per heavy atom. The number of hydrogen-bond acceptors (Lipinski definition) is 6.